The fourth-order valence-electron chi connectivity index (χ4n) is 4.57. The van der Waals surface area contributed by atoms with Crippen LogP contribution in [0.15, 0.2) is 53.1 Å². The van der Waals surface area contributed by atoms with Gasteiger partial charge in [-0.05, 0) is 49.1 Å². The number of piperidine rings is 1. The molecule has 2 aromatic carbocycles. The van der Waals surface area contributed by atoms with E-state index in [1.165, 1.54) is 7.11 Å². The molecule has 2 aromatic heterocycles. The molecule has 9 heteroatoms. The number of imidazole rings is 1. The molecule has 0 spiro atoms. The van der Waals surface area contributed by atoms with Crippen LogP contribution in [-0.2, 0) is 11.2 Å². The molecule has 0 unspecified atom stereocenters. The summed E-state index contributed by atoms with van der Waals surface area (Å²) in [4.78, 5) is 9.88. The average molecular weight is 500 g/mol. The molecule has 4 aromatic rings. The Morgan fingerprint density at radius 3 is 2.68 bits per heavy atom. The number of nitriles is 1. The van der Waals surface area contributed by atoms with Gasteiger partial charge in [0.15, 0.2) is 11.7 Å². The molecule has 9 nitrogen and oxygen atoms in total. The van der Waals surface area contributed by atoms with E-state index < -0.39 is 0 Å². The first-order valence-corrected chi connectivity index (χ1v) is 12.2. The summed E-state index contributed by atoms with van der Waals surface area (Å²) < 4.78 is 22.9. The highest BCUT2D eigenvalue weighted by Gasteiger charge is 2.21. The Morgan fingerprint density at radius 1 is 1.19 bits per heavy atom. The lowest BCUT2D eigenvalue weighted by molar-refractivity contribution is 0.224. The fraction of sp³-hybridized carbons (Fsp3) is 0.321. The third kappa shape index (κ3) is 5.38. The minimum Gasteiger partial charge on any atom is -0.496 e. The Labute approximate surface area is 215 Å². The maximum atomic E-state index is 9.02. The first kappa shape index (κ1) is 24.3. The number of aromatic nitrogens is 2. The van der Waals surface area contributed by atoms with Gasteiger partial charge < -0.3 is 28.5 Å². The first-order valence-electron chi connectivity index (χ1n) is 12.2. The predicted octanol–water partition coefficient (Wildman–Crippen LogP) is 5.16. The molecule has 1 aliphatic heterocycles. The van der Waals surface area contributed by atoms with Crippen molar-refractivity contribution in [2.24, 2.45) is 5.92 Å². The highest BCUT2D eigenvalue weighted by molar-refractivity contribution is 5.89. The van der Waals surface area contributed by atoms with Gasteiger partial charge in [0.25, 0.3) is 0 Å². The molecule has 0 amide bonds. The van der Waals surface area contributed by atoms with Gasteiger partial charge in [-0.15, -0.1) is 0 Å². The van der Waals surface area contributed by atoms with Crippen molar-refractivity contribution in [3.63, 3.8) is 0 Å². The number of nitrogens with one attached hydrogen (secondary N) is 2. The SMILES string of the molecule is COC(=N)Cc1ncc(-c2cc3c(OCC4CCN(c5ccc(C#N)cc5)CC4)cc(OC)cc3o2)[nH]1. The van der Waals surface area contributed by atoms with Crippen LogP contribution in [0.4, 0.5) is 5.69 Å². The molecule has 3 heterocycles. The van der Waals surface area contributed by atoms with Crippen molar-refractivity contribution in [3.8, 4) is 29.0 Å². The molecule has 0 radical (unpaired) electrons. The summed E-state index contributed by atoms with van der Waals surface area (Å²) in [6, 6.07) is 15.6. The Bertz CT molecular complexity index is 1430. The van der Waals surface area contributed by atoms with E-state index in [1.54, 1.807) is 13.3 Å². The smallest absolute Gasteiger partial charge is 0.187 e. The minimum atomic E-state index is 0.133. The van der Waals surface area contributed by atoms with Gasteiger partial charge in [-0.25, -0.2) is 4.98 Å². The molecule has 1 aliphatic rings. The molecule has 5 rings (SSSR count). The number of aromatic amines is 1. The summed E-state index contributed by atoms with van der Waals surface area (Å²) in [7, 11) is 3.10. The van der Waals surface area contributed by atoms with Crippen LogP contribution in [0.3, 0.4) is 0 Å². The minimum absolute atomic E-state index is 0.133. The molecular weight excluding hydrogens is 470 g/mol. The largest absolute Gasteiger partial charge is 0.496 e. The number of nitrogens with zero attached hydrogens (tertiary/aromatic N) is 3. The number of furan rings is 1. The van der Waals surface area contributed by atoms with E-state index in [4.69, 9.17) is 29.3 Å². The number of rotatable bonds is 8. The summed E-state index contributed by atoms with van der Waals surface area (Å²) in [6.07, 6.45) is 4.02. The number of anilines is 1. The highest BCUT2D eigenvalue weighted by atomic mass is 16.5. The van der Waals surface area contributed by atoms with Gasteiger partial charge in [0.2, 0.25) is 0 Å². The van der Waals surface area contributed by atoms with Crippen molar-refractivity contribution in [2.45, 2.75) is 19.3 Å². The second kappa shape index (κ2) is 10.7. The second-order valence-corrected chi connectivity index (χ2v) is 9.10. The second-order valence-electron chi connectivity index (χ2n) is 9.10. The molecule has 37 heavy (non-hydrogen) atoms. The van der Waals surface area contributed by atoms with Crippen LogP contribution in [0.25, 0.3) is 22.4 Å². The molecule has 0 bridgehead atoms. The Morgan fingerprint density at radius 2 is 1.97 bits per heavy atom. The molecule has 0 saturated carbocycles. The fourth-order valence-corrected chi connectivity index (χ4v) is 4.57. The Hall–Kier alpha value is -4.45. The molecule has 0 aliphatic carbocycles. The third-order valence-corrected chi connectivity index (χ3v) is 6.73. The van der Waals surface area contributed by atoms with Crippen LogP contribution in [0.5, 0.6) is 11.5 Å². The number of ether oxygens (including phenoxy) is 3. The van der Waals surface area contributed by atoms with Crippen LogP contribution in [0, 0.1) is 22.7 Å². The monoisotopic (exact) mass is 499 g/mol. The van der Waals surface area contributed by atoms with Crippen molar-refractivity contribution in [3.05, 3.63) is 60.0 Å². The van der Waals surface area contributed by atoms with Crippen molar-refractivity contribution in [1.82, 2.24) is 9.97 Å². The van der Waals surface area contributed by atoms with Crippen LogP contribution >= 0.6 is 0 Å². The van der Waals surface area contributed by atoms with Crippen molar-refractivity contribution in [1.29, 1.82) is 10.7 Å². The number of benzene rings is 2. The van der Waals surface area contributed by atoms with E-state index in [2.05, 4.69) is 20.9 Å². The molecule has 1 saturated heterocycles. The van der Waals surface area contributed by atoms with Crippen molar-refractivity contribution < 1.29 is 18.6 Å². The van der Waals surface area contributed by atoms with E-state index in [0.29, 0.717) is 41.0 Å². The van der Waals surface area contributed by atoms with Crippen LogP contribution in [0.1, 0.15) is 24.2 Å². The molecular formula is C28H29N5O4. The van der Waals surface area contributed by atoms with Gasteiger partial charge in [0.05, 0.1) is 50.5 Å². The summed E-state index contributed by atoms with van der Waals surface area (Å²) in [6.45, 7) is 2.51. The van der Waals surface area contributed by atoms with E-state index >= 15 is 0 Å². The molecule has 1 fully saturated rings. The molecule has 0 atom stereocenters. The molecule has 2 N–H and O–H groups in total. The van der Waals surface area contributed by atoms with Gasteiger partial charge in [-0.3, -0.25) is 5.41 Å². The van der Waals surface area contributed by atoms with Crippen LogP contribution in [0.2, 0.25) is 0 Å². The number of methoxy groups -OCH3 is 2. The maximum absolute atomic E-state index is 9.02. The first-order chi connectivity index (χ1) is 18.1. The lowest BCUT2D eigenvalue weighted by atomic mass is 9.97. The topological polar surface area (TPSA) is 120 Å². The van der Waals surface area contributed by atoms with E-state index in [-0.39, 0.29) is 12.3 Å². The zero-order valence-corrected chi connectivity index (χ0v) is 20.9. The van der Waals surface area contributed by atoms with Gasteiger partial charge >= 0.3 is 0 Å². The number of hydrogen-bond donors (Lipinski definition) is 2. The van der Waals surface area contributed by atoms with Gasteiger partial charge in [0.1, 0.15) is 28.6 Å². The number of fused-ring (bicyclic) bond motifs is 1. The summed E-state index contributed by atoms with van der Waals surface area (Å²) in [5.41, 5.74) is 3.22. The van der Waals surface area contributed by atoms with E-state index in [1.807, 2.05) is 42.5 Å². The van der Waals surface area contributed by atoms with Gasteiger partial charge in [-0.1, -0.05) is 0 Å². The number of H-pyrrole nitrogens is 1. The quantitative estimate of drug-likeness (QED) is 0.254. The third-order valence-electron chi connectivity index (χ3n) is 6.73. The summed E-state index contributed by atoms with van der Waals surface area (Å²) >= 11 is 0. The van der Waals surface area contributed by atoms with Crippen LogP contribution < -0.4 is 14.4 Å². The zero-order chi connectivity index (χ0) is 25.8. The van der Waals surface area contributed by atoms with E-state index in [9.17, 15) is 0 Å². The Kier molecular flexibility index (Phi) is 6.99. The summed E-state index contributed by atoms with van der Waals surface area (Å²) in [5.74, 6) is 3.22. The molecule has 190 valence electrons. The maximum Gasteiger partial charge on any atom is 0.187 e. The van der Waals surface area contributed by atoms with Crippen molar-refractivity contribution in [2.75, 3.05) is 38.8 Å². The van der Waals surface area contributed by atoms with Gasteiger partial charge in [0, 0.05) is 30.9 Å². The predicted molar refractivity (Wildman–Crippen MR) is 140 cm³/mol. The normalized spacial score (nSPS) is 13.9. The van der Waals surface area contributed by atoms with Crippen LogP contribution in [-0.4, -0.2) is 49.8 Å². The standard InChI is InChI=1S/C28H29N5O4/c1-34-21-11-24(36-17-19-7-9-33(10-8-19)20-5-3-18(15-29)4-6-20)22-13-26(37-25(22)12-21)23-16-31-28(32-23)14-27(30)35-2/h3-6,11-13,16,19,30H,7-10,14,17H2,1-2H3,(H,31,32). The Balaban J connectivity index is 1.27. The number of hydrogen-bond acceptors (Lipinski definition) is 8. The lowest BCUT2D eigenvalue weighted by Crippen LogP contribution is -2.35. The van der Waals surface area contributed by atoms with Crippen molar-refractivity contribution >= 4 is 22.6 Å². The van der Waals surface area contributed by atoms with Gasteiger partial charge in [-0.2, -0.15) is 5.26 Å². The average Bonchev–Trinajstić information content (AvgIpc) is 3.59. The van der Waals surface area contributed by atoms with E-state index in [0.717, 1.165) is 48.4 Å². The summed E-state index contributed by atoms with van der Waals surface area (Å²) in [5, 5.41) is 17.6. The lowest BCUT2D eigenvalue weighted by Gasteiger charge is -2.33. The zero-order valence-electron chi connectivity index (χ0n) is 20.9. The highest BCUT2D eigenvalue weighted by Crippen LogP contribution is 2.37.